The second-order valence-electron chi connectivity index (χ2n) is 7.62. The predicted octanol–water partition coefficient (Wildman–Crippen LogP) is 7.26. The summed E-state index contributed by atoms with van der Waals surface area (Å²) in [6.45, 7) is 5.39. The maximum absolute atomic E-state index is 6.41. The van der Waals surface area contributed by atoms with Crippen molar-refractivity contribution in [1.82, 2.24) is 0 Å². The Morgan fingerprint density at radius 1 is 0.963 bits per heavy atom. The van der Waals surface area contributed by atoms with Crippen molar-refractivity contribution in [2.45, 2.75) is 83.7 Å². The molecule has 27 heavy (non-hydrogen) atoms. The standard InChI is InChI=1S/C25H37NO/c1-3-5-7-8-9-13-21-27-25(18-6-4-2)19-16-24(17-20-25)26-22-23-14-11-10-12-15-23/h10-12,14-17,19,22H,3-9,13,18,20-21H2,1-2H3. The zero-order chi connectivity index (χ0) is 19.2. The first-order valence-electron chi connectivity index (χ1n) is 10.9. The largest absolute Gasteiger partial charge is 0.371 e. The summed E-state index contributed by atoms with van der Waals surface area (Å²) in [5.41, 5.74) is 2.05. The van der Waals surface area contributed by atoms with Gasteiger partial charge in [0, 0.05) is 19.2 Å². The highest BCUT2D eigenvalue weighted by Gasteiger charge is 2.28. The zero-order valence-corrected chi connectivity index (χ0v) is 17.3. The molecule has 1 unspecified atom stereocenters. The summed E-state index contributed by atoms with van der Waals surface area (Å²) in [7, 11) is 0. The van der Waals surface area contributed by atoms with Crippen molar-refractivity contribution in [2.24, 2.45) is 4.99 Å². The molecule has 0 saturated carbocycles. The van der Waals surface area contributed by atoms with Crippen molar-refractivity contribution >= 4 is 6.21 Å². The molecule has 2 rings (SSSR count). The molecule has 0 amide bonds. The summed E-state index contributed by atoms with van der Waals surface area (Å²) >= 11 is 0. The first-order chi connectivity index (χ1) is 13.3. The zero-order valence-electron chi connectivity index (χ0n) is 17.3. The van der Waals surface area contributed by atoms with Crippen molar-refractivity contribution < 1.29 is 4.74 Å². The van der Waals surface area contributed by atoms with Gasteiger partial charge in [-0.25, -0.2) is 0 Å². The summed E-state index contributed by atoms with van der Waals surface area (Å²) in [6.07, 6.45) is 20.9. The summed E-state index contributed by atoms with van der Waals surface area (Å²) in [5, 5.41) is 0. The number of allylic oxidation sites excluding steroid dienone is 1. The molecule has 0 aliphatic heterocycles. The maximum Gasteiger partial charge on any atom is 0.0901 e. The van der Waals surface area contributed by atoms with Gasteiger partial charge >= 0.3 is 0 Å². The van der Waals surface area contributed by atoms with Crippen molar-refractivity contribution in [3.8, 4) is 0 Å². The normalized spacial score (nSPS) is 19.6. The Balaban J connectivity index is 1.83. The number of hydrogen-bond acceptors (Lipinski definition) is 2. The van der Waals surface area contributed by atoms with Crippen LogP contribution in [0.1, 0.15) is 83.6 Å². The molecule has 0 heterocycles. The van der Waals surface area contributed by atoms with Crippen LogP contribution in [-0.4, -0.2) is 18.4 Å². The first-order valence-corrected chi connectivity index (χ1v) is 10.9. The summed E-state index contributed by atoms with van der Waals surface area (Å²) < 4.78 is 6.41. The van der Waals surface area contributed by atoms with Crippen molar-refractivity contribution in [1.29, 1.82) is 0 Å². The van der Waals surface area contributed by atoms with Crippen LogP contribution in [0.2, 0.25) is 0 Å². The molecule has 0 fully saturated rings. The van der Waals surface area contributed by atoms with Crippen LogP contribution in [0.5, 0.6) is 0 Å². The van der Waals surface area contributed by atoms with E-state index in [1.165, 1.54) is 51.4 Å². The number of hydrogen-bond donors (Lipinski definition) is 0. The van der Waals surface area contributed by atoms with E-state index >= 15 is 0 Å². The molecular formula is C25H37NO. The van der Waals surface area contributed by atoms with Crippen LogP contribution in [0.25, 0.3) is 0 Å². The third-order valence-corrected chi connectivity index (χ3v) is 5.22. The fraction of sp³-hybridized carbons (Fsp3) is 0.560. The molecule has 0 spiro atoms. The van der Waals surface area contributed by atoms with Gasteiger partial charge in [-0.1, -0.05) is 101 Å². The monoisotopic (exact) mass is 367 g/mol. The Morgan fingerprint density at radius 2 is 1.70 bits per heavy atom. The lowest BCUT2D eigenvalue weighted by atomic mass is 9.88. The Labute approximate surface area is 166 Å². The van der Waals surface area contributed by atoms with Crippen molar-refractivity contribution in [3.05, 3.63) is 59.8 Å². The van der Waals surface area contributed by atoms with E-state index in [4.69, 9.17) is 4.74 Å². The van der Waals surface area contributed by atoms with E-state index in [0.717, 1.165) is 30.7 Å². The van der Waals surface area contributed by atoms with Crippen LogP contribution in [0, 0.1) is 0 Å². The SMILES string of the molecule is CCCCCCCCOC1(CCCC)C=CC(N=Cc2ccccc2)=CC1. The van der Waals surface area contributed by atoms with E-state index < -0.39 is 0 Å². The molecule has 0 aromatic heterocycles. The van der Waals surface area contributed by atoms with Crippen LogP contribution in [0.3, 0.4) is 0 Å². The molecule has 2 nitrogen and oxygen atoms in total. The number of nitrogens with zero attached hydrogens (tertiary/aromatic N) is 1. The minimum Gasteiger partial charge on any atom is -0.371 e. The minimum atomic E-state index is -0.120. The topological polar surface area (TPSA) is 21.6 Å². The van der Waals surface area contributed by atoms with E-state index in [-0.39, 0.29) is 5.60 Å². The minimum absolute atomic E-state index is 0.120. The Hall–Kier alpha value is -1.67. The molecule has 1 aromatic rings. The third-order valence-electron chi connectivity index (χ3n) is 5.22. The van der Waals surface area contributed by atoms with Gasteiger partial charge in [-0.15, -0.1) is 0 Å². The van der Waals surface area contributed by atoms with Gasteiger partial charge in [-0.2, -0.15) is 0 Å². The van der Waals surface area contributed by atoms with Gasteiger partial charge in [-0.3, -0.25) is 4.99 Å². The van der Waals surface area contributed by atoms with E-state index in [1.54, 1.807) is 0 Å². The van der Waals surface area contributed by atoms with E-state index in [1.807, 2.05) is 24.4 Å². The second-order valence-corrected chi connectivity index (χ2v) is 7.62. The average Bonchev–Trinajstić information content (AvgIpc) is 2.72. The number of aliphatic imine (C=N–C) groups is 1. The lowest BCUT2D eigenvalue weighted by molar-refractivity contribution is -0.0167. The van der Waals surface area contributed by atoms with Gasteiger partial charge in [0.1, 0.15) is 0 Å². The molecule has 2 heteroatoms. The number of benzene rings is 1. The van der Waals surface area contributed by atoms with Crippen LogP contribution >= 0.6 is 0 Å². The van der Waals surface area contributed by atoms with Crippen molar-refractivity contribution in [2.75, 3.05) is 6.61 Å². The molecule has 0 saturated heterocycles. The molecular weight excluding hydrogens is 330 g/mol. The van der Waals surface area contributed by atoms with Crippen molar-refractivity contribution in [3.63, 3.8) is 0 Å². The Kier molecular flexibility index (Phi) is 10.1. The molecule has 1 aliphatic rings. The van der Waals surface area contributed by atoms with Crippen LogP contribution in [0.15, 0.2) is 59.2 Å². The van der Waals surface area contributed by atoms with Gasteiger partial charge in [0.25, 0.3) is 0 Å². The number of rotatable bonds is 13. The smallest absolute Gasteiger partial charge is 0.0901 e. The summed E-state index contributed by atoms with van der Waals surface area (Å²) in [4.78, 5) is 4.63. The first kappa shape index (κ1) is 21.6. The van der Waals surface area contributed by atoms with Gasteiger partial charge in [0.05, 0.1) is 11.3 Å². The lowest BCUT2D eigenvalue weighted by Crippen LogP contribution is -2.31. The quantitative estimate of drug-likeness (QED) is 0.266. The highest BCUT2D eigenvalue weighted by atomic mass is 16.5. The van der Waals surface area contributed by atoms with Crippen LogP contribution in [-0.2, 0) is 4.74 Å². The molecule has 1 atom stereocenters. The average molecular weight is 368 g/mol. The van der Waals surface area contributed by atoms with Gasteiger partial charge in [0.2, 0.25) is 0 Å². The number of unbranched alkanes of at least 4 members (excludes halogenated alkanes) is 6. The Morgan fingerprint density at radius 3 is 2.41 bits per heavy atom. The summed E-state index contributed by atoms with van der Waals surface area (Å²) in [5.74, 6) is 0. The van der Waals surface area contributed by atoms with E-state index in [0.29, 0.717) is 0 Å². The van der Waals surface area contributed by atoms with E-state index in [9.17, 15) is 0 Å². The molecule has 1 aliphatic carbocycles. The highest BCUT2D eigenvalue weighted by molar-refractivity contribution is 5.80. The fourth-order valence-electron chi connectivity index (χ4n) is 3.43. The molecule has 148 valence electrons. The molecule has 0 N–H and O–H groups in total. The van der Waals surface area contributed by atoms with E-state index in [2.05, 4.69) is 49.2 Å². The lowest BCUT2D eigenvalue weighted by Gasteiger charge is -2.32. The van der Waals surface area contributed by atoms with Gasteiger partial charge in [0.15, 0.2) is 0 Å². The summed E-state index contributed by atoms with van der Waals surface area (Å²) in [6, 6.07) is 10.3. The Bertz CT molecular complexity index is 602. The van der Waals surface area contributed by atoms with Crippen LogP contribution in [0.4, 0.5) is 0 Å². The highest BCUT2D eigenvalue weighted by Crippen LogP contribution is 2.31. The molecule has 0 radical (unpaired) electrons. The second kappa shape index (κ2) is 12.7. The molecule has 1 aromatic carbocycles. The number of ether oxygens (including phenoxy) is 1. The fourth-order valence-corrected chi connectivity index (χ4v) is 3.43. The maximum atomic E-state index is 6.41. The molecule has 0 bridgehead atoms. The third kappa shape index (κ3) is 8.26. The predicted molar refractivity (Wildman–Crippen MR) is 117 cm³/mol. The van der Waals surface area contributed by atoms with Gasteiger partial charge < -0.3 is 4.74 Å². The van der Waals surface area contributed by atoms with Crippen LogP contribution < -0.4 is 0 Å². The van der Waals surface area contributed by atoms with Gasteiger partial charge in [-0.05, 0) is 24.5 Å².